The predicted octanol–water partition coefficient (Wildman–Crippen LogP) is 1.03. The maximum absolute atomic E-state index is 12.7. The molecule has 0 saturated heterocycles. The number of aryl methyl sites for hydroxylation is 1. The number of aromatic amines is 1. The molecule has 0 bridgehead atoms. The minimum atomic E-state index is -0.125. The van der Waals surface area contributed by atoms with Crippen molar-refractivity contribution in [2.24, 2.45) is 0 Å². The number of hydrogen-bond acceptors (Lipinski definition) is 7. The molecule has 10 nitrogen and oxygen atoms in total. The molecule has 5 rings (SSSR count). The lowest BCUT2D eigenvalue weighted by Crippen LogP contribution is -2.28. The number of H-pyrrole nitrogens is 1. The first-order valence-electron chi connectivity index (χ1n) is 9.53. The Morgan fingerprint density at radius 3 is 2.93 bits per heavy atom. The van der Waals surface area contributed by atoms with Gasteiger partial charge < -0.3 is 4.90 Å². The van der Waals surface area contributed by atoms with Crippen LogP contribution in [0.2, 0.25) is 0 Å². The molecule has 1 aromatic carbocycles. The number of aromatic nitrogens is 6. The van der Waals surface area contributed by atoms with Gasteiger partial charge in [-0.25, -0.2) is 9.61 Å². The molecular formula is C19H19N7O3. The van der Waals surface area contributed by atoms with Crippen molar-refractivity contribution in [3.8, 4) is 0 Å². The Morgan fingerprint density at radius 2 is 2.03 bits per heavy atom. The van der Waals surface area contributed by atoms with Gasteiger partial charge in [-0.3, -0.25) is 14.7 Å². The number of hydrogen-bond donors (Lipinski definition) is 1. The molecule has 3 heterocycles. The highest BCUT2D eigenvalue weighted by Crippen LogP contribution is 2.17. The van der Waals surface area contributed by atoms with E-state index in [0.29, 0.717) is 29.2 Å². The Bertz CT molecular complexity index is 1290. The van der Waals surface area contributed by atoms with Crippen LogP contribution in [0.3, 0.4) is 0 Å². The third-order valence-electron chi connectivity index (χ3n) is 5.29. The molecule has 1 aliphatic carbocycles. The number of fused-ring (bicyclic) bond motifs is 3. The first-order valence-corrected chi connectivity index (χ1v) is 9.53. The van der Waals surface area contributed by atoms with Crippen LogP contribution in [0.4, 0.5) is 0 Å². The Morgan fingerprint density at radius 1 is 1.21 bits per heavy atom. The van der Waals surface area contributed by atoms with E-state index in [0.717, 1.165) is 42.5 Å². The summed E-state index contributed by atoms with van der Waals surface area (Å²) in [6.45, 7) is 0.411. The summed E-state index contributed by atoms with van der Waals surface area (Å²) in [6, 6.07) is 5.52. The first kappa shape index (κ1) is 17.5. The van der Waals surface area contributed by atoms with Gasteiger partial charge >= 0.3 is 0 Å². The van der Waals surface area contributed by atoms with Gasteiger partial charge in [0.15, 0.2) is 0 Å². The summed E-state index contributed by atoms with van der Waals surface area (Å²) in [5.41, 5.74) is 3.71. The third kappa shape index (κ3) is 3.16. The highest BCUT2D eigenvalue weighted by atomic mass is 16.6. The van der Waals surface area contributed by atoms with Gasteiger partial charge in [-0.05, 0) is 53.7 Å². The molecule has 0 unspecified atom stereocenters. The van der Waals surface area contributed by atoms with E-state index < -0.39 is 0 Å². The Balaban J connectivity index is 1.34. The second-order valence-electron chi connectivity index (χ2n) is 7.37. The van der Waals surface area contributed by atoms with Crippen LogP contribution in [0.25, 0.3) is 16.8 Å². The summed E-state index contributed by atoms with van der Waals surface area (Å²) in [5, 5.41) is 10.5. The molecule has 0 saturated carbocycles. The fourth-order valence-electron chi connectivity index (χ4n) is 3.74. The van der Waals surface area contributed by atoms with Gasteiger partial charge in [-0.2, -0.15) is 9.50 Å². The molecule has 0 aliphatic heterocycles. The Kier molecular flexibility index (Phi) is 4.11. The third-order valence-corrected chi connectivity index (χ3v) is 5.29. The highest BCUT2D eigenvalue weighted by molar-refractivity contribution is 5.78. The molecule has 0 atom stereocenters. The van der Waals surface area contributed by atoms with Crippen LogP contribution in [0, 0.1) is 0 Å². The van der Waals surface area contributed by atoms with E-state index in [2.05, 4.69) is 25.4 Å². The number of carbonyl (C=O) groups excluding carboxylic acids is 1. The molecule has 1 amide bonds. The SMILES string of the molecule is CN(Cc1ccc2nonc2c1)C(=O)Cc1nc2nc3c(c(=O)n2[nH]1)CCCC3. The summed E-state index contributed by atoms with van der Waals surface area (Å²) in [4.78, 5) is 35.8. The van der Waals surface area contributed by atoms with Gasteiger partial charge in [0.2, 0.25) is 5.91 Å². The van der Waals surface area contributed by atoms with Crippen LogP contribution >= 0.6 is 0 Å². The lowest BCUT2D eigenvalue weighted by molar-refractivity contribution is -0.129. The minimum Gasteiger partial charge on any atom is -0.341 e. The van der Waals surface area contributed by atoms with Gasteiger partial charge in [0.25, 0.3) is 11.3 Å². The fraction of sp³-hybridized carbons (Fsp3) is 0.368. The Hall–Kier alpha value is -3.56. The molecule has 0 radical (unpaired) electrons. The van der Waals surface area contributed by atoms with Crippen LogP contribution in [0.15, 0.2) is 27.6 Å². The summed E-state index contributed by atoms with van der Waals surface area (Å²) in [6.07, 6.45) is 3.63. The minimum absolute atomic E-state index is 0.0533. The molecule has 4 aromatic rings. The number of benzene rings is 1. The van der Waals surface area contributed by atoms with Crippen molar-refractivity contribution in [3.05, 3.63) is 51.2 Å². The molecule has 1 aliphatic rings. The van der Waals surface area contributed by atoms with Crippen LogP contribution in [0.5, 0.6) is 0 Å². The zero-order valence-corrected chi connectivity index (χ0v) is 15.9. The van der Waals surface area contributed by atoms with Crippen molar-refractivity contribution in [2.45, 2.75) is 38.6 Å². The van der Waals surface area contributed by atoms with Crippen molar-refractivity contribution < 1.29 is 9.42 Å². The summed E-state index contributed by atoms with van der Waals surface area (Å²) in [7, 11) is 1.72. The molecular weight excluding hydrogens is 374 g/mol. The van der Waals surface area contributed by atoms with E-state index in [4.69, 9.17) is 4.63 Å². The zero-order valence-electron chi connectivity index (χ0n) is 15.9. The quantitative estimate of drug-likeness (QED) is 0.549. The second kappa shape index (κ2) is 6.80. The molecule has 10 heteroatoms. The standard InChI is InChI=1S/C19H19N7O3/c1-25(10-11-6-7-14-15(8-11)24-29-23-14)17(27)9-16-21-19-20-13-5-3-2-4-12(13)18(28)26(19)22-16/h6-8H,2-5,9-10H2,1H3,(H,20,21,22). The average molecular weight is 393 g/mol. The van der Waals surface area contributed by atoms with Crippen LogP contribution in [-0.2, 0) is 30.6 Å². The average Bonchev–Trinajstić information content (AvgIpc) is 3.34. The maximum atomic E-state index is 12.7. The molecule has 3 aromatic heterocycles. The molecule has 148 valence electrons. The van der Waals surface area contributed by atoms with E-state index in [9.17, 15) is 9.59 Å². The first-order chi connectivity index (χ1) is 14.1. The maximum Gasteiger partial charge on any atom is 0.277 e. The summed E-state index contributed by atoms with van der Waals surface area (Å²) >= 11 is 0. The van der Waals surface area contributed by atoms with E-state index >= 15 is 0 Å². The monoisotopic (exact) mass is 393 g/mol. The Labute approximate surface area is 164 Å². The van der Waals surface area contributed by atoms with Crippen LogP contribution in [0.1, 0.15) is 35.5 Å². The lowest BCUT2D eigenvalue weighted by atomic mass is 9.97. The molecule has 0 fully saturated rings. The van der Waals surface area contributed by atoms with Crippen LogP contribution in [-0.4, -0.2) is 47.8 Å². The van der Waals surface area contributed by atoms with Gasteiger partial charge in [0, 0.05) is 19.2 Å². The highest BCUT2D eigenvalue weighted by Gasteiger charge is 2.20. The number of rotatable bonds is 4. The normalized spacial score (nSPS) is 13.7. The number of nitrogens with zero attached hydrogens (tertiary/aromatic N) is 6. The van der Waals surface area contributed by atoms with Crippen molar-refractivity contribution in [1.29, 1.82) is 0 Å². The largest absolute Gasteiger partial charge is 0.341 e. The van der Waals surface area contributed by atoms with Gasteiger partial charge in [0.05, 0.1) is 12.1 Å². The number of nitrogens with one attached hydrogen (secondary N) is 1. The summed E-state index contributed by atoms with van der Waals surface area (Å²) < 4.78 is 6.05. The summed E-state index contributed by atoms with van der Waals surface area (Å²) in [5.74, 6) is 0.621. The van der Waals surface area contributed by atoms with Crippen molar-refractivity contribution in [3.63, 3.8) is 0 Å². The fourth-order valence-corrected chi connectivity index (χ4v) is 3.74. The van der Waals surface area contributed by atoms with E-state index in [1.165, 1.54) is 4.52 Å². The van der Waals surface area contributed by atoms with Gasteiger partial charge in [0.1, 0.15) is 16.9 Å². The number of carbonyl (C=O) groups is 1. The van der Waals surface area contributed by atoms with E-state index in [1.807, 2.05) is 12.1 Å². The molecule has 0 spiro atoms. The predicted molar refractivity (Wildman–Crippen MR) is 102 cm³/mol. The van der Waals surface area contributed by atoms with Gasteiger partial charge in [-0.1, -0.05) is 6.07 Å². The zero-order chi connectivity index (χ0) is 20.0. The van der Waals surface area contributed by atoms with Crippen LogP contribution < -0.4 is 5.56 Å². The number of likely N-dealkylation sites (N-methyl/N-ethyl adjacent to an activating group) is 1. The lowest BCUT2D eigenvalue weighted by Gasteiger charge is -2.16. The molecule has 29 heavy (non-hydrogen) atoms. The second-order valence-corrected chi connectivity index (χ2v) is 7.37. The molecule has 1 N–H and O–H groups in total. The number of amides is 1. The van der Waals surface area contributed by atoms with E-state index in [-0.39, 0.29) is 17.9 Å². The topological polar surface area (TPSA) is 122 Å². The van der Waals surface area contributed by atoms with E-state index in [1.54, 1.807) is 18.0 Å². The van der Waals surface area contributed by atoms with Gasteiger partial charge in [-0.15, -0.1) is 0 Å². The van der Waals surface area contributed by atoms with Crippen molar-refractivity contribution >= 4 is 22.7 Å². The van der Waals surface area contributed by atoms with Crippen molar-refractivity contribution in [1.82, 2.24) is 34.8 Å². The van der Waals surface area contributed by atoms with Crippen molar-refractivity contribution in [2.75, 3.05) is 7.05 Å². The smallest absolute Gasteiger partial charge is 0.277 e.